The number of aryl methyl sites for hydroxylation is 1. The van der Waals surface area contributed by atoms with Crippen molar-refractivity contribution in [1.29, 1.82) is 0 Å². The number of benzene rings is 7. The van der Waals surface area contributed by atoms with Gasteiger partial charge in [-0.3, -0.25) is 0 Å². The van der Waals surface area contributed by atoms with E-state index < -0.39 is 0 Å². The topological polar surface area (TPSA) is 0 Å². The molecule has 4 aliphatic rings. The summed E-state index contributed by atoms with van der Waals surface area (Å²) in [5.74, 6) is 1.33. The van der Waals surface area contributed by atoms with Crippen molar-refractivity contribution in [3.8, 4) is 0 Å². The lowest BCUT2D eigenvalue weighted by molar-refractivity contribution is 1.00. The molecule has 0 bridgehead atoms. The lowest BCUT2D eigenvalue weighted by Crippen LogP contribution is -2.03. The highest BCUT2D eigenvalue weighted by Gasteiger charge is 2.42. The van der Waals surface area contributed by atoms with Crippen LogP contribution in [0.25, 0.3) is 88.9 Å². The van der Waals surface area contributed by atoms with Gasteiger partial charge in [-0.25, -0.2) is 0 Å². The maximum atomic E-state index is 2.51. The van der Waals surface area contributed by atoms with Crippen molar-refractivity contribution >= 4 is 88.9 Å². The predicted molar refractivity (Wildman–Crippen MR) is 191 cm³/mol. The molecule has 7 aromatic rings. The van der Waals surface area contributed by atoms with Gasteiger partial charge in [0.1, 0.15) is 0 Å². The van der Waals surface area contributed by atoms with E-state index in [0.717, 1.165) is 19.3 Å². The summed E-state index contributed by atoms with van der Waals surface area (Å²) in [5, 5.41) is 17.0. The minimum atomic E-state index is 0.635. The molecule has 4 aliphatic carbocycles. The Morgan fingerprint density at radius 1 is 0.455 bits per heavy atom. The van der Waals surface area contributed by atoms with Crippen LogP contribution in [0.5, 0.6) is 0 Å². The van der Waals surface area contributed by atoms with E-state index in [4.69, 9.17) is 0 Å². The molecule has 0 aliphatic heterocycles. The van der Waals surface area contributed by atoms with Crippen LogP contribution in [-0.4, -0.2) is 0 Å². The molecular weight excluding hydrogens is 528 g/mol. The van der Waals surface area contributed by atoms with Gasteiger partial charge in [-0.15, -0.1) is 0 Å². The summed E-state index contributed by atoms with van der Waals surface area (Å²) < 4.78 is 0. The Hall–Kier alpha value is -4.94. The lowest BCUT2D eigenvalue weighted by atomic mass is 9.76. The fourth-order valence-corrected chi connectivity index (χ4v) is 9.29. The molecule has 44 heavy (non-hydrogen) atoms. The Labute approximate surface area is 256 Å². The summed E-state index contributed by atoms with van der Waals surface area (Å²) in [7, 11) is 0. The van der Waals surface area contributed by atoms with Crippen LogP contribution >= 0.6 is 0 Å². The average Bonchev–Trinajstić information content (AvgIpc) is 3.91. The Morgan fingerprint density at radius 2 is 1.02 bits per heavy atom. The van der Waals surface area contributed by atoms with Crippen molar-refractivity contribution in [3.63, 3.8) is 0 Å². The van der Waals surface area contributed by atoms with Gasteiger partial charge in [0.2, 0.25) is 0 Å². The summed E-state index contributed by atoms with van der Waals surface area (Å²) in [6.07, 6.45) is 23.8. The summed E-state index contributed by atoms with van der Waals surface area (Å²) in [5.41, 5.74) is 8.72. The zero-order chi connectivity index (χ0) is 28.5. The third-order valence-electron chi connectivity index (χ3n) is 11.1. The zero-order valence-corrected chi connectivity index (χ0v) is 24.5. The fourth-order valence-electron chi connectivity index (χ4n) is 9.29. The number of allylic oxidation sites excluding steroid dienone is 4. The summed E-state index contributed by atoms with van der Waals surface area (Å²) >= 11 is 0. The average molecular weight is 559 g/mol. The summed E-state index contributed by atoms with van der Waals surface area (Å²) in [4.78, 5) is 0. The van der Waals surface area contributed by atoms with Crippen molar-refractivity contribution < 1.29 is 0 Å². The van der Waals surface area contributed by atoms with Crippen LogP contribution in [0, 0.1) is 5.92 Å². The van der Waals surface area contributed by atoms with Gasteiger partial charge >= 0.3 is 0 Å². The van der Waals surface area contributed by atoms with E-state index >= 15 is 0 Å². The summed E-state index contributed by atoms with van der Waals surface area (Å²) in [6, 6.07) is 27.8. The first-order valence-corrected chi connectivity index (χ1v) is 16.3. The second kappa shape index (κ2) is 8.36. The number of hydrogen-bond acceptors (Lipinski definition) is 0. The normalized spacial score (nSPS) is 19.5. The minimum absolute atomic E-state index is 0.635. The molecule has 0 saturated heterocycles. The van der Waals surface area contributed by atoms with E-state index in [1.165, 1.54) is 98.9 Å². The standard InChI is InChI=1S/C44H30/c1-2-12-26-27-13-4-8-18-32(27)41-39(30(26)16-3-1)40-31-17-7-5-14-28(31)29-15-6-9-19-33(29)42(40)44-36-23-22-25-24-37(25)38(36)34-20-10-11-21-35(34)43(41)44/h2-4,6-13,15-23,25,37H,1,5,14,24H2. The van der Waals surface area contributed by atoms with Crippen LogP contribution in [0.3, 0.4) is 0 Å². The number of fused-ring (bicyclic) bond motifs is 23. The third kappa shape index (κ3) is 2.85. The monoisotopic (exact) mass is 558 g/mol. The van der Waals surface area contributed by atoms with Gasteiger partial charge in [-0.2, -0.15) is 0 Å². The van der Waals surface area contributed by atoms with Crippen LogP contribution in [0.15, 0.2) is 97.1 Å². The Balaban J connectivity index is 1.60. The summed E-state index contributed by atoms with van der Waals surface area (Å²) in [6.45, 7) is 0. The van der Waals surface area contributed by atoms with E-state index in [2.05, 4.69) is 121 Å². The predicted octanol–water partition coefficient (Wildman–Crippen LogP) is 12.1. The quantitative estimate of drug-likeness (QED) is 0.162. The molecule has 0 amide bonds. The SMILES string of the molecule is C1=Cc2c(c3c4c5c(c6ccccc6c4c4c6c(c7ccccc7c4c3c3ccccc23)C2CC2C=C6)CCC=C5)C=CC1. The highest BCUT2D eigenvalue weighted by molar-refractivity contribution is 6.43. The first-order chi connectivity index (χ1) is 21.9. The molecule has 0 radical (unpaired) electrons. The van der Waals surface area contributed by atoms with E-state index in [0.29, 0.717) is 11.8 Å². The molecule has 1 saturated carbocycles. The molecule has 11 rings (SSSR count). The van der Waals surface area contributed by atoms with Gasteiger partial charge < -0.3 is 0 Å². The Bertz CT molecular complexity index is 2600. The van der Waals surface area contributed by atoms with Crippen molar-refractivity contribution in [2.75, 3.05) is 0 Å². The van der Waals surface area contributed by atoms with Crippen molar-refractivity contribution in [2.45, 2.75) is 31.6 Å². The first kappa shape index (κ1) is 23.5. The minimum Gasteiger partial charge on any atom is -0.0836 e. The zero-order valence-electron chi connectivity index (χ0n) is 24.5. The van der Waals surface area contributed by atoms with Gasteiger partial charge in [0.15, 0.2) is 0 Å². The van der Waals surface area contributed by atoms with Crippen molar-refractivity contribution in [3.05, 3.63) is 130 Å². The fraction of sp³-hybridized carbons (Fsp3) is 0.136. The Kier molecular flexibility index (Phi) is 4.47. The molecule has 2 unspecified atom stereocenters. The third-order valence-corrected chi connectivity index (χ3v) is 11.1. The molecule has 7 aromatic carbocycles. The second-order valence-corrected chi connectivity index (χ2v) is 13.3. The molecule has 0 N–H and O–H groups in total. The maximum Gasteiger partial charge on any atom is -0.000719 e. The van der Waals surface area contributed by atoms with Crippen LogP contribution in [0.2, 0.25) is 0 Å². The maximum absolute atomic E-state index is 2.51. The van der Waals surface area contributed by atoms with Crippen molar-refractivity contribution in [1.82, 2.24) is 0 Å². The highest BCUT2D eigenvalue weighted by atomic mass is 14.4. The van der Waals surface area contributed by atoms with Gasteiger partial charge in [-0.1, -0.05) is 121 Å². The molecule has 0 heterocycles. The van der Waals surface area contributed by atoms with E-state index in [1.54, 1.807) is 5.56 Å². The van der Waals surface area contributed by atoms with Gasteiger partial charge in [0.25, 0.3) is 0 Å². The van der Waals surface area contributed by atoms with Crippen LogP contribution in [-0.2, 0) is 6.42 Å². The van der Waals surface area contributed by atoms with E-state index in [1.807, 2.05) is 0 Å². The molecule has 0 heteroatoms. The largest absolute Gasteiger partial charge is 0.0836 e. The smallest absolute Gasteiger partial charge is 0.000719 e. The number of rotatable bonds is 0. The first-order valence-electron chi connectivity index (χ1n) is 16.3. The molecule has 0 nitrogen and oxygen atoms in total. The van der Waals surface area contributed by atoms with Gasteiger partial charge in [-0.05, 0) is 136 Å². The molecule has 206 valence electrons. The van der Waals surface area contributed by atoms with Crippen LogP contribution in [0.4, 0.5) is 0 Å². The van der Waals surface area contributed by atoms with Crippen LogP contribution in [0.1, 0.15) is 58.6 Å². The van der Waals surface area contributed by atoms with Gasteiger partial charge in [0.05, 0.1) is 0 Å². The van der Waals surface area contributed by atoms with E-state index in [9.17, 15) is 0 Å². The molecule has 0 aromatic heterocycles. The molecule has 0 spiro atoms. The molecule has 1 fully saturated rings. The van der Waals surface area contributed by atoms with Crippen molar-refractivity contribution in [2.24, 2.45) is 5.92 Å². The van der Waals surface area contributed by atoms with Crippen LogP contribution < -0.4 is 0 Å². The second-order valence-electron chi connectivity index (χ2n) is 13.3. The number of hydrogen-bond donors (Lipinski definition) is 0. The lowest BCUT2D eigenvalue weighted by Gasteiger charge is -2.27. The van der Waals surface area contributed by atoms with Gasteiger partial charge in [0, 0.05) is 0 Å². The molecular formula is C44H30. The molecule has 2 atom stereocenters. The Morgan fingerprint density at radius 3 is 1.82 bits per heavy atom. The highest BCUT2D eigenvalue weighted by Crippen LogP contribution is 2.59. The van der Waals surface area contributed by atoms with E-state index in [-0.39, 0.29) is 0 Å².